The zero-order chi connectivity index (χ0) is 25.2. The maximum Gasteiger partial charge on any atom is 0.416 e. The van der Waals surface area contributed by atoms with E-state index in [0.29, 0.717) is 54.7 Å². The van der Waals surface area contributed by atoms with Gasteiger partial charge in [-0.2, -0.15) is 13.2 Å². The summed E-state index contributed by atoms with van der Waals surface area (Å²) in [5.74, 6) is -0.641. The van der Waals surface area contributed by atoms with Crippen LogP contribution >= 0.6 is 0 Å². The molecule has 3 aromatic rings. The molecule has 0 aliphatic carbocycles. The van der Waals surface area contributed by atoms with Crippen LogP contribution in [0.5, 0.6) is 0 Å². The first-order valence-corrected chi connectivity index (χ1v) is 10.8. The minimum Gasteiger partial charge on any atom is -0.378 e. The number of carbonyl (C=O) groups is 2. The SMILES string of the molecule is Cc1cc(C(=O)Nc2ccc(NC(=O)c3cc(N4CCOCC4)cc(C(F)(F)F)c3)cc2C)no1. The Morgan fingerprint density at radius 3 is 2.34 bits per heavy atom. The molecule has 184 valence electrons. The van der Waals surface area contributed by atoms with Crippen LogP contribution in [-0.2, 0) is 10.9 Å². The molecule has 1 saturated heterocycles. The van der Waals surface area contributed by atoms with E-state index in [2.05, 4.69) is 15.8 Å². The Morgan fingerprint density at radius 2 is 1.71 bits per heavy atom. The summed E-state index contributed by atoms with van der Waals surface area (Å²) in [5.41, 5.74) is 0.914. The fourth-order valence-corrected chi connectivity index (χ4v) is 3.65. The van der Waals surface area contributed by atoms with E-state index in [-0.39, 0.29) is 11.3 Å². The molecule has 2 N–H and O–H groups in total. The Labute approximate surface area is 199 Å². The van der Waals surface area contributed by atoms with Gasteiger partial charge in [-0.1, -0.05) is 5.16 Å². The molecule has 0 atom stereocenters. The molecule has 2 aromatic carbocycles. The molecule has 1 fully saturated rings. The van der Waals surface area contributed by atoms with E-state index in [1.807, 2.05) is 0 Å². The minimum absolute atomic E-state index is 0.113. The lowest BCUT2D eigenvalue weighted by atomic mass is 10.1. The number of nitrogens with zero attached hydrogens (tertiary/aromatic N) is 2. The van der Waals surface area contributed by atoms with Crippen molar-refractivity contribution in [2.24, 2.45) is 0 Å². The van der Waals surface area contributed by atoms with Gasteiger partial charge in [-0.05, 0) is 55.8 Å². The monoisotopic (exact) mass is 488 g/mol. The second-order valence-electron chi connectivity index (χ2n) is 8.13. The third-order valence-electron chi connectivity index (χ3n) is 5.48. The van der Waals surface area contributed by atoms with Gasteiger partial charge in [0.25, 0.3) is 11.8 Å². The summed E-state index contributed by atoms with van der Waals surface area (Å²) in [6.45, 7) is 5.05. The Kier molecular flexibility index (Phi) is 6.79. The Hall–Kier alpha value is -3.86. The molecule has 0 spiro atoms. The molecule has 2 amide bonds. The fourth-order valence-electron chi connectivity index (χ4n) is 3.65. The molecule has 1 aromatic heterocycles. The van der Waals surface area contributed by atoms with Crippen LogP contribution in [0.15, 0.2) is 47.0 Å². The Balaban J connectivity index is 1.52. The first kappa shape index (κ1) is 24.3. The molecular formula is C24H23F3N4O4. The summed E-state index contributed by atoms with van der Waals surface area (Å²) in [6, 6.07) is 9.56. The molecule has 4 rings (SSSR count). The van der Waals surface area contributed by atoms with Crippen molar-refractivity contribution in [1.29, 1.82) is 0 Å². The topological polar surface area (TPSA) is 96.7 Å². The number of hydrogen-bond donors (Lipinski definition) is 2. The predicted molar refractivity (Wildman–Crippen MR) is 123 cm³/mol. The van der Waals surface area contributed by atoms with Crippen LogP contribution in [0.3, 0.4) is 0 Å². The van der Waals surface area contributed by atoms with E-state index in [1.54, 1.807) is 36.9 Å². The van der Waals surface area contributed by atoms with Crippen molar-refractivity contribution in [1.82, 2.24) is 5.16 Å². The maximum absolute atomic E-state index is 13.5. The van der Waals surface area contributed by atoms with Crippen LogP contribution in [0.4, 0.5) is 30.2 Å². The van der Waals surface area contributed by atoms with Gasteiger partial charge < -0.3 is 24.8 Å². The number of halogens is 3. The van der Waals surface area contributed by atoms with Gasteiger partial charge in [0.2, 0.25) is 0 Å². The number of anilines is 3. The van der Waals surface area contributed by atoms with Gasteiger partial charge in [-0.15, -0.1) is 0 Å². The molecule has 1 aliphatic heterocycles. The molecule has 8 nitrogen and oxygen atoms in total. The zero-order valence-electron chi connectivity index (χ0n) is 19.0. The number of rotatable bonds is 5. The van der Waals surface area contributed by atoms with E-state index >= 15 is 0 Å². The summed E-state index contributed by atoms with van der Waals surface area (Å²) in [6.07, 6.45) is -4.60. The molecular weight excluding hydrogens is 465 g/mol. The number of carbonyl (C=O) groups excluding carboxylic acids is 2. The predicted octanol–water partition coefficient (Wildman–Crippen LogP) is 4.65. The lowest BCUT2D eigenvalue weighted by molar-refractivity contribution is -0.137. The molecule has 0 bridgehead atoms. The Morgan fingerprint density at radius 1 is 0.971 bits per heavy atom. The van der Waals surface area contributed by atoms with E-state index in [4.69, 9.17) is 9.26 Å². The molecule has 0 saturated carbocycles. The van der Waals surface area contributed by atoms with Gasteiger partial charge in [-0.25, -0.2) is 0 Å². The van der Waals surface area contributed by atoms with E-state index in [0.717, 1.165) is 12.1 Å². The van der Waals surface area contributed by atoms with Crippen molar-refractivity contribution in [2.45, 2.75) is 20.0 Å². The standard InChI is InChI=1S/C24H23F3N4O4/c1-14-9-18(3-4-20(14)29-23(33)21-10-15(2)35-30-21)28-22(32)16-11-17(24(25,26)27)13-19(12-16)31-5-7-34-8-6-31/h3-4,9-13H,5-8H2,1-2H3,(H,28,32)(H,29,33). The van der Waals surface area contributed by atoms with Crippen molar-refractivity contribution in [3.05, 3.63) is 70.6 Å². The van der Waals surface area contributed by atoms with Gasteiger partial charge >= 0.3 is 6.18 Å². The molecule has 0 radical (unpaired) electrons. The molecule has 35 heavy (non-hydrogen) atoms. The van der Waals surface area contributed by atoms with Crippen LogP contribution in [0.25, 0.3) is 0 Å². The highest BCUT2D eigenvalue weighted by Crippen LogP contribution is 2.33. The van der Waals surface area contributed by atoms with Crippen molar-refractivity contribution >= 4 is 28.9 Å². The van der Waals surface area contributed by atoms with Gasteiger partial charge in [0.05, 0.1) is 18.8 Å². The van der Waals surface area contributed by atoms with E-state index < -0.39 is 23.6 Å². The second kappa shape index (κ2) is 9.79. The average molecular weight is 488 g/mol. The molecule has 1 aliphatic rings. The number of morpholine rings is 1. The number of hydrogen-bond acceptors (Lipinski definition) is 6. The number of ether oxygens (including phenoxy) is 1. The lowest BCUT2D eigenvalue weighted by Crippen LogP contribution is -2.36. The number of aromatic nitrogens is 1. The van der Waals surface area contributed by atoms with Crippen LogP contribution in [0.2, 0.25) is 0 Å². The number of amides is 2. The van der Waals surface area contributed by atoms with E-state index in [9.17, 15) is 22.8 Å². The van der Waals surface area contributed by atoms with E-state index in [1.165, 1.54) is 12.1 Å². The third-order valence-corrected chi connectivity index (χ3v) is 5.48. The first-order valence-electron chi connectivity index (χ1n) is 10.8. The van der Waals surface area contributed by atoms with Gasteiger partial charge in [0.15, 0.2) is 5.69 Å². The van der Waals surface area contributed by atoms with Crippen LogP contribution < -0.4 is 15.5 Å². The lowest BCUT2D eigenvalue weighted by Gasteiger charge is -2.29. The summed E-state index contributed by atoms with van der Waals surface area (Å²) in [7, 11) is 0. The summed E-state index contributed by atoms with van der Waals surface area (Å²) in [4.78, 5) is 26.9. The number of aryl methyl sites for hydroxylation is 2. The quantitative estimate of drug-likeness (QED) is 0.543. The highest BCUT2D eigenvalue weighted by Gasteiger charge is 2.32. The maximum atomic E-state index is 13.5. The normalized spacial score (nSPS) is 14.0. The first-order chi connectivity index (χ1) is 16.6. The number of benzene rings is 2. The smallest absolute Gasteiger partial charge is 0.378 e. The fraction of sp³-hybridized carbons (Fsp3) is 0.292. The third kappa shape index (κ3) is 5.80. The largest absolute Gasteiger partial charge is 0.416 e. The zero-order valence-corrected chi connectivity index (χ0v) is 19.0. The molecule has 11 heteroatoms. The van der Waals surface area contributed by atoms with Crippen molar-refractivity contribution < 1.29 is 32.0 Å². The summed E-state index contributed by atoms with van der Waals surface area (Å²) < 4.78 is 50.7. The van der Waals surface area contributed by atoms with Crippen LogP contribution in [0.1, 0.15) is 37.7 Å². The van der Waals surface area contributed by atoms with Crippen LogP contribution in [-0.4, -0.2) is 43.3 Å². The average Bonchev–Trinajstić information content (AvgIpc) is 3.27. The summed E-state index contributed by atoms with van der Waals surface area (Å²) >= 11 is 0. The summed E-state index contributed by atoms with van der Waals surface area (Å²) in [5, 5.41) is 9.00. The van der Waals surface area contributed by atoms with Gasteiger partial charge in [-0.3, -0.25) is 9.59 Å². The van der Waals surface area contributed by atoms with Gasteiger partial charge in [0, 0.05) is 41.8 Å². The minimum atomic E-state index is -4.60. The number of alkyl halides is 3. The highest BCUT2D eigenvalue weighted by atomic mass is 19.4. The molecule has 2 heterocycles. The van der Waals surface area contributed by atoms with Crippen molar-refractivity contribution in [3.63, 3.8) is 0 Å². The Bertz CT molecular complexity index is 1250. The number of nitrogens with one attached hydrogen (secondary N) is 2. The second-order valence-corrected chi connectivity index (χ2v) is 8.13. The van der Waals surface area contributed by atoms with Crippen LogP contribution in [0, 0.1) is 13.8 Å². The molecule has 0 unspecified atom stereocenters. The van der Waals surface area contributed by atoms with Gasteiger partial charge in [0.1, 0.15) is 5.76 Å². The van der Waals surface area contributed by atoms with Crippen molar-refractivity contribution in [2.75, 3.05) is 41.8 Å². The van der Waals surface area contributed by atoms with Crippen molar-refractivity contribution in [3.8, 4) is 0 Å². The highest BCUT2D eigenvalue weighted by molar-refractivity contribution is 6.06.